The van der Waals surface area contributed by atoms with Gasteiger partial charge in [-0.2, -0.15) is 9.97 Å². The van der Waals surface area contributed by atoms with Gasteiger partial charge < -0.3 is 24.3 Å². The minimum atomic E-state index is -2.96. The molecular weight excluding hydrogens is 495 g/mol. The molecule has 2 N–H and O–H groups in total. The molecule has 1 aromatic heterocycles. The number of morpholine rings is 1. The summed E-state index contributed by atoms with van der Waals surface area (Å²) in [4.78, 5) is 22.0. The van der Waals surface area contributed by atoms with Crippen LogP contribution in [0.1, 0.15) is 60.9 Å². The maximum atomic E-state index is 14.9. The molecule has 2 unspecified atom stereocenters. The number of hydrazine groups is 1. The van der Waals surface area contributed by atoms with Gasteiger partial charge in [0.25, 0.3) is 6.43 Å². The number of hydrogen-bond donors (Lipinski definition) is 2. The van der Waals surface area contributed by atoms with E-state index in [1.807, 2.05) is 0 Å². The number of methoxy groups -OCH3 is 1. The molecule has 0 saturated carbocycles. The van der Waals surface area contributed by atoms with Crippen molar-refractivity contribution in [1.82, 2.24) is 20.4 Å². The quantitative estimate of drug-likeness (QED) is 0.510. The highest BCUT2D eigenvalue weighted by Crippen LogP contribution is 2.37. The van der Waals surface area contributed by atoms with Crippen molar-refractivity contribution in [2.24, 2.45) is 0 Å². The maximum Gasteiger partial charge on any atom is 0.318 e. The van der Waals surface area contributed by atoms with Crippen LogP contribution in [0, 0.1) is 5.82 Å². The molecule has 1 amide bonds. The third kappa shape index (κ3) is 6.12. The third-order valence-electron chi connectivity index (χ3n) is 6.19. The Morgan fingerprint density at radius 2 is 1.78 bits per heavy atom. The number of nitrogens with zero attached hydrogens (tertiary/aromatic N) is 3. The summed E-state index contributed by atoms with van der Waals surface area (Å²) < 4.78 is 63.5. The van der Waals surface area contributed by atoms with Gasteiger partial charge in [-0.25, -0.2) is 18.2 Å². The normalized spacial score (nSPS) is 18.6. The summed E-state index contributed by atoms with van der Waals surface area (Å²) in [7, 11) is 1.37. The van der Waals surface area contributed by atoms with Crippen molar-refractivity contribution < 1.29 is 36.9 Å². The van der Waals surface area contributed by atoms with Crippen molar-refractivity contribution >= 4 is 11.7 Å². The lowest BCUT2D eigenvalue weighted by molar-refractivity contribution is -0.129. The lowest BCUT2D eigenvalue weighted by Crippen LogP contribution is -2.49. The molecule has 2 saturated heterocycles. The molecule has 2 atom stereocenters. The zero-order valence-electron chi connectivity index (χ0n) is 20.8. The van der Waals surface area contributed by atoms with E-state index in [1.54, 1.807) is 18.9 Å². The molecule has 0 radical (unpaired) electrons. The van der Waals surface area contributed by atoms with Crippen LogP contribution in [0.25, 0.3) is 0 Å². The van der Waals surface area contributed by atoms with Gasteiger partial charge in [0.05, 0.1) is 62.3 Å². The summed E-state index contributed by atoms with van der Waals surface area (Å²) >= 11 is 0. The first kappa shape index (κ1) is 27.0. The second-order valence-corrected chi connectivity index (χ2v) is 8.65. The third-order valence-corrected chi connectivity index (χ3v) is 6.19. The van der Waals surface area contributed by atoms with E-state index in [4.69, 9.17) is 18.9 Å². The molecular formula is C24H30F3N5O5. The first-order valence-electron chi connectivity index (χ1n) is 11.9. The summed E-state index contributed by atoms with van der Waals surface area (Å²) in [6.45, 7) is 5.99. The number of halogens is 3. The first-order chi connectivity index (χ1) is 17.8. The molecule has 37 heavy (non-hydrogen) atoms. The number of ether oxygens (including phenoxy) is 4. The molecule has 2 aliphatic heterocycles. The minimum absolute atomic E-state index is 0.0225. The van der Waals surface area contributed by atoms with Crippen molar-refractivity contribution in [1.29, 1.82) is 0 Å². The van der Waals surface area contributed by atoms with Gasteiger partial charge in [-0.1, -0.05) is 18.2 Å². The molecule has 13 heteroatoms. The van der Waals surface area contributed by atoms with E-state index in [-0.39, 0.29) is 23.3 Å². The molecule has 3 heterocycles. The lowest BCUT2D eigenvalue weighted by atomic mass is 10.00. The summed E-state index contributed by atoms with van der Waals surface area (Å²) in [6.07, 6.45) is -3.86. The van der Waals surface area contributed by atoms with Gasteiger partial charge in [-0.05, 0) is 13.8 Å². The predicted molar refractivity (Wildman–Crippen MR) is 126 cm³/mol. The molecule has 4 rings (SSSR count). The average molecular weight is 526 g/mol. The number of alkyl halides is 2. The largest absolute Gasteiger partial charge is 0.467 e. The molecule has 2 aromatic rings. The number of anilines is 1. The summed E-state index contributed by atoms with van der Waals surface area (Å²) in [5.41, 5.74) is 2.84. The van der Waals surface area contributed by atoms with E-state index in [1.165, 1.54) is 19.2 Å². The van der Waals surface area contributed by atoms with E-state index >= 15 is 0 Å². The standard InChI is InChI=1S/C24H30F3N5O5/c1-13(22(33)31-32-7-9-35-10-8-32)19-17(23-36-11-12-37-23)21(30-24(29-19)34-3)28-14(2)15-5-4-6-16(18(15)25)20(26)27/h4-6,13-14,20,23H,7-12H2,1-3H3,(H,31,33)(H,28,29,30). The Labute approximate surface area is 212 Å². The van der Waals surface area contributed by atoms with Gasteiger partial charge in [0.15, 0.2) is 6.29 Å². The van der Waals surface area contributed by atoms with Crippen LogP contribution in [0.3, 0.4) is 0 Å². The number of carbonyl (C=O) groups is 1. The Kier molecular flexibility index (Phi) is 8.79. The molecule has 0 bridgehead atoms. The molecule has 0 spiro atoms. The molecule has 10 nitrogen and oxygen atoms in total. The fourth-order valence-electron chi connectivity index (χ4n) is 4.16. The van der Waals surface area contributed by atoms with Crippen LogP contribution in [0.2, 0.25) is 0 Å². The van der Waals surface area contributed by atoms with Crippen molar-refractivity contribution in [3.05, 3.63) is 46.4 Å². The monoisotopic (exact) mass is 525 g/mol. The number of hydrogen-bond acceptors (Lipinski definition) is 9. The topological polar surface area (TPSA) is 107 Å². The second-order valence-electron chi connectivity index (χ2n) is 8.65. The van der Waals surface area contributed by atoms with Gasteiger partial charge in [0.2, 0.25) is 5.91 Å². The number of nitrogens with one attached hydrogen (secondary N) is 2. The maximum absolute atomic E-state index is 14.9. The Morgan fingerprint density at radius 3 is 2.43 bits per heavy atom. The van der Waals surface area contributed by atoms with Crippen LogP contribution in [0.15, 0.2) is 18.2 Å². The Morgan fingerprint density at radius 1 is 1.11 bits per heavy atom. The van der Waals surface area contributed by atoms with Crippen LogP contribution in [-0.2, 0) is 19.0 Å². The SMILES string of the molecule is COc1nc(NC(C)c2cccc(C(F)F)c2F)c(C2OCCO2)c(C(C)C(=O)NN2CCOCC2)n1. The van der Waals surface area contributed by atoms with Crippen LogP contribution in [0.4, 0.5) is 19.0 Å². The summed E-state index contributed by atoms with van der Waals surface area (Å²) in [5, 5.41) is 4.83. The van der Waals surface area contributed by atoms with Crippen LogP contribution >= 0.6 is 0 Å². The second kappa shape index (κ2) is 12.0. The number of carbonyl (C=O) groups excluding carboxylic acids is 1. The minimum Gasteiger partial charge on any atom is -0.467 e. The van der Waals surface area contributed by atoms with E-state index in [2.05, 4.69) is 20.7 Å². The smallest absolute Gasteiger partial charge is 0.318 e. The van der Waals surface area contributed by atoms with Crippen molar-refractivity contribution in [2.45, 2.75) is 38.5 Å². The highest BCUT2D eigenvalue weighted by molar-refractivity contribution is 5.83. The Hall–Kier alpha value is -3.00. The van der Waals surface area contributed by atoms with Gasteiger partial charge in [-0.3, -0.25) is 10.2 Å². The zero-order valence-corrected chi connectivity index (χ0v) is 20.8. The molecule has 2 fully saturated rings. The summed E-state index contributed by atoms with van der Waals surface area (Å²) in [6, 6.07) is 3.00. The molecule has 1 aromatic carbocycles. The zero-order chi connectivity index (χ0) is 26.5. The van der Waals surface area contributed by atoms with Crippen LogP contribution in [-0.4, -0.2) is 67.5 Å². The molecule has 0 aliphatic carbocycles. The van der Waals surface area contributed by atoms with Crippen molar-refractivity contribution in [2.75, 3.05) is 51.9 Å². The number of rotatable bonds is 9. The van der Waals surface area contributed by atoms with Gasteiger partial charge >= 0.3 is 6.01 Å². The van der Waals surface area contributed by atoms with E-state index in [0.717, 1.165) is 6.07 Å². The highest BCUT2D eigenvalue weighted by atomic mass is 19.3. The Balaban J connectivity index is 1.70. The van der Waals surface area contributed by atoms with E-state index < -0.39 is 36.1 Å². The lowest BCUT2D eigenvalue weighted by Gasteiger charge is -2.29. The van der Waals surface area contributed by atoms with Crippen LogP contribution in [0.5, 0.6) is 6.01 Å². The molecule has 2 aliphatic rings. The van der Waals surface area contributed by atoms with Crippen molar-refractivity contribution in [3.8, 4) is 6.01 Å². The number of benzene rings is 1. The number of amides is 1. The van der Waals surface area contributed by atoms with Crippen LogP contribution < -0.4 is 15.5 Å². The van der Waals surface area contributed by atoms with Gasteiger partial charge in [0, 0.05) is 18.7 Å². The predicted octanol–water partition coefficient (Wildman–Crippen LogP) is 3.25. The van der Waals surface area contributed by atoms with Crippen molar-refractivity contribution in [3.63, 3.8) is 0 Å². The van der Waals surface area contributed by atoms with E-state index in [0.29, 0.717) is 50.8 Å². The fraction of sp³-hybridized carbons (Fsp3) is 0.542. The van der Waals surface area contributed by atoms with Gasteiger partial charge in [-0.15, -0.1) is 0 Å². The Bertz CT molecular complexity index is 1100. The fourth-order valence-corrected chi connectivity index (χ4v) is 4.16. The molecule has 202 valence electrons. The summed E-state index contributed by atoms with van der Waals surface area (Å²) in [5.74, 6) is -1.94. The number of aromatic nitrogens is 2. The van der Waals surface area contributed by atoms with E-state index in [9.17, 15) is 18.0 Å². The average Bonchev–Trinajstić information content (AvgIpc) is 3.42. The highest BCUT2D eigenvalue weighted by Gasteiger charge is 2.33. The van der Waals surface area contributed by atoms with Gasteiger partial charge in [0.1, 0.15) is 11.6 Å². The first-order valence-corrected chi connectivity index (χ1v) is 11.9.